The van der Waals surface area contributed by atoms with E-state index in [4.69, 9.17) is 32.7 Å². The summed E-state index contributed by atoms with van der Waals surface area (Å²) in [6, 6.07) is 20.1. The van der Waals surface area contributed by atoms with Crippen molar-refractivity contribution in [3.63, 3.8) is 0 Å². The maximum absolute atomic E-state index is 13.6. The van der Waals surface area contributed by atoms with Gasteiger partial charge >= 0.3 is 5.97 Å². The second-order valence-electron chi connectivity index (χ2n) is 8.33. The fraction of sp³-hybridized carbons (Fsp3) is 0.143. The molecule has 1 aliphatic heterocycles. The average molecular weight is 506 g/mol. The van der Waals surface area contributed by atoms with Crippen LogP contribution in [-0.4, -0.2) is 18.9 Å². The third-order valence-corrected chi connectivity index (χ3v) is 7.00. The third-order valence-electron chi connectivity index (χ3n) is 6.26. The number of halogens is 2. The minimum atomic E-state index is -0.663. The molecule has 0 radical (unpaired) electrons. The van der Waals surface area contributed by atoms with Crippen LogP contribution in [0, 0.1) is 0 Å². The number of Topliss-reactive ketones (excluding diaryl/α,β-unsaturated/α-hetero) is 1. The Bertz CT molecular complexity index is 1440. The number of para-hydroxylation sites is 1. The molecule has 0 spiro atoms. The molecular weight excluding hydrogens is 485 g/mol. The molecule has 176 valence electrons. The first-order valence-corrected chi connectivity index (χ1v) is 11.8. The molecule has 3 aromatic rings. The molecule has 0 saturated heterocycles. The van der Waals surface area contributed by atoms with Gasteiger partial charge < -0.3 is 14.8 Å². The first-order valence-electron chi connectivity index (χ1n) is 11.0. The Kier molecular flexibility index (Phi) is 6.13. The van der Waals surface area contributed by atoms with Gasteiger partial charge in [0.05, 0.1) is 34.3 Å². The van der Waals surface area contributed by atoms with Crippen LogP contribution in [0.25, 0.3) is 5.70 Å². The molecule has 0 fully saturated rings. The maximum atomic E-state index is 13.6. The lowest BCUT2D eigenvalue weighted by molar-refractivity contribution is -0.136. The first-order chi connectivity index (χ1) is 16.9. The lowest BCUT2D eigenvalue weighted by Crippen LogP contribution is -2.29. The number of benzene rings is 3. The van der Waals surface area contributed by atoms with E-state index in [9.17, 15) is 9.59 Å². The van der Waals surface area contributed by atoms with Crippen LogP contribution in [0.5, 0.6) is 5.75 Å². The fourth-order valence-corrected chi connectivity index (χ4v) is 4.98. The molecule has 0 aromatic heterocycles. The summed E-state index contributed by atoms with van der Waals surface area (Å²) in [7, 11) is 1.33. The zero-order valence-corrected chi connectivity index (χ0v) is 20.5. The van der Waals surface area contributed by atoms with Crippen molar-refractivity contribution in [3.8, 4) is 5.75 Å². The predicted molar refractivity (Wildman–Crippen MR) is 136 cm³/mol. The Morgan fingerprint density at radius 1 is 0.971 bits per heavy atom. The standard InChI is InChI=1S/C28H21Cl2NO4/c1-15-23(28(33)34-2)24(25-26(31-15)17-7-3-4-8-18(17)27(25)32)19-9-5-6-10-22(19)35-14-16-11-12-20(29)21(30)13-16/h3-13,24,31H,14H2,1-2H3/t24-/m1/s1. The van der Waals surface area contributed by atoms with Crippen molar-refractivity contribution in [2.24, 2.45) is 0 Å². The van der Waals surface area contributed by atoms with Crippen LogP contribution in [-0.2, 0) is 16.1 Å². The van der Waals surface area contributed by atoms with E-state index in [1.54, 1.807) is 18.2 Å². The van der Waals surface area contributed by atoms with E-state index in [0.29, 0.717) is 49.5 Å². The highest BCUT2D eigenvalue weighted by Crippen LogP contribution is 2.48. The van der Waals surface area contributed by atoms with Crippen LogP contribution < -0.4 is 10.1 Å². The number of dihydropyridines is 1. The van der Waals surface area contributed by atoms with E-state index in [1.807, 2.05) is 55.5 Å². The normalized spacial score (nSPS) is 16.6. The van der Waals surface area contributed by atoms with E-state index in [0.717, 1.165) is 11.1 Å². The molecule has 7 heteroatoms. The Labute approximate surface area is 213 Å². The van der Waals surface area contributed by atoms with Crippen LogP contribution in [0.2, 0.25) is 10.0 Å². The minimum absolute atomic E-state index is 0.124. The number of ketones is 1. The number of rotatable bonds is 5. The summed E-state index contributed by atoms with van der Waals surface area (Å²) in [5.41, 5.74) is 5.16. The summed E-state index contributed by atoms with van der Waals surface area (Å²) in [5, 5.41) is 4.19. The minimum Gasteiger partial charge on any atom is -0.489 e. The van der Waals surface area contributed by atoms with Crippen molar-refractivity contribution in [2.75, 3.05) is 7.11 Å². The van der Waals surface area contributed by atoms with Gasteiger partial charge in [-0.3, -0.25) is 4.79 Å². The predicted octanol–water partition coefficient (Wildman–Crippen LogP) is 6.31. The number of fused-ring (bicyclic) bond motifs is 2. The van der Waals surface area contributed by atoms with Gasteiger partial charge in [0.25, 0.3) is 0 Å². The molecule has 0 bridgehead atoms. The summed E-state index contributed by atoms with van der Waals surface area (Å²) in [6.07, 6.45) is 0. The summed E-state index contributed by atoms with van der Waals surface area (Å²) in [6.45, 7) is 2.04. The van der Waals surface area contributed by atoms with Gasteiger partial charge in [-0.1, -0.05) is 71.7 Å². The summed E-state index contributed by atoms with van der Waals surface area (Å²) < 4.78 is 11.3. The van der Waals surface area contributed by atoms with Gasteiger partial charge in [0, 0.05) is 28.0 Å². The van der Waals surface area contributed by atoms with Crippen LogP contribution in [0.15, 0.2) is 83.6 Å². The lowest BCUT2D eigenvalue weighted by atomic mass is 9.79. The summed E-state index contributed by atoms with van der Waals surface area (Å²) in [4.78, 5) is 26.6. The van der Waals surface area contributed by atoms with E-state index in [1.165, 1.54) is 7.11 Å². The molecule has 1 N–H and O–H groups in total. The van der Waals surface area contributed by atoms with Crippen molar-refractivity contribution in [2.45, 2.75) is 19.4 Å². The third kappa shape index (κ3) is 4.01. The number of ether oxygens (including phenoxy) is 2. The van der Waals surface area contributed by atoms with Gasteiger partial charge in [-0.15, -0.1) is 0 Å². The smallest absolute Gasteiger partial charge is 0.336 e. The molecule has 0 saturated carbocycles. The molecule has 35 heavy (non-hydrogen) atoms. The van der Waals surface area contributed by atoms with Crippen molar-refractivity contribution < 1.29 is 19.1 Å². The van der Waals surface area contributed by atoms with Gasteiger partial charge in [0.2, 0.25) is 0 Å². The highest BCUT2D eigenvalue weighted by Gasteiger charge is 2.43. The zero-order chi connectivity index (χ0) is 24.7. The van der Waals surface area contributed by atoms with Gasteiger partial charge in [-0.05, 0) is 30.7 Å². The number of carbonyl (C=O) groups excluding carboxylic acids is 2. The van der Waals surface area contributed by atoms with Gasteiger partial charge in [-0.25, -0.2) is 4.79 Å². The number of hydrogen-bond acceptors (Lipinski definition) is 5. The van der Waals surface area contributed by atoms with E-state index >= 15 is 0 Å². The molecule has 5 nitrogen and oxygen atoms in total. The largest absolute Gasteiger partial charge is 0.489 e. The van der Waals surface area contributed by atoms with Gasteiger partial charge in [0.15, 0.2) is 5.78 Å². The van der Waals surface area contributed by atoms with Crippen LogP contribution in [0.4, 0.5) is 0 Å². The average Bonchev–Trinajstić information content (AvgIpc) is 3.15. The number of esters is 1. The van der Waals surface area contributed by atoms with Crippen molar-refractivity contribution in [1.29, 1.82) is 0 Å². The monoisotopic (exact) mass is 505 g/mol. The Morgan fingerprint density at radius 3 is 2.43 bits per heavy atom. The van der Waals surface area contributed by atoms with Crippen LogP contribution >= 0.6 is 23.2 Å². The SMILES string of the molecule is COC(=O)C1=C(C)NC2=C(C(=O)c3ccccc32)[C@@H]1c1ccccc1OCc1ccc(Cl)c(Cl)c1. The molecule has 0 unspecified atom stereocenters. The van der Waals surface area contributed by atoms with Crippen LogP contribution in [0.3, 0.4) is 0 Å². The Morgan fingerprint density at radius 2 is 1.69 bits per heavy atom. The highest BCUT2D eigenvalue weighted by molar-refractivity contribution is 6.42. The molecule has 1 heterocycles. The first kappa shape index (κ1) is 23.2. The van der Waals surface area contributed by atoms with Crippen molar-refractivity contribution in [1.82, 2.24) is 5.32 Å². The number of nitrogens with one attached hydrogen (secondary N) is 1. The van der Waals surface area contributed by atoms with Crippen LogP contribution in [0.1, 0.15) is 39.9 Å². The lowest BCUT2D eigenvalue weighted by Gasteiger charge is -2.30. The number of methoxy groups -OCH3 is 1. The number of hydrogen-bond donors (Lipinski definition) is 1. The molecule has 2 aliphatic rings. The molecule has 5 rings (SSSR count). The molecule has 3 aromatic carbocycles. The highest BCUT2D eigenvalue weighted by atomic mass is 35.5. The van der Waals surface area contributed by atoms with E-state index in [-0.39, 0.29) is 12.4 Å². The fourth-order valence-electron chi connectivity index (χ4n) is 4.66. The quantitative estimate of drug-likeness (QED) is 0.411. The second kappa shape index (κ2) is 9.25. The van der Waals surface area contributed by atoms with E-state index < -0.39 is 11.9 Å². The van der Waals surface area contributed by atoms with Gasteiger partial charge in [-0.2, -0.15) is 0 Å². The second-order valence-corrected chi connectivity index (χ2v) is 9.14. The van der Waals surface area contributed by atoms with E-state index in [2.05, 4.69) is 5.32 Å². The molecule has 0 amide bonds. The summed E-state index contributed by atoms with van der Waals surface area (Å²) >= 11 is 12.2. The molecule has 1 atom stereocenters. The Balaban J connectivity index is 1.61. The van der Waals surface area contributed by atoms with Crippen molar-refractivity contribution >= 4 is 40.7 Å². The topological polar surface area (TPSA) is 64.6 Å². The molecular formula is C28H21Cl2NO4. The molecule has 1 aliphatic carbocycles. The number of allylic oxidation sites excluding steroid dienone is 2. The van der Waals surface area contributed by atoms with Gasteiger partial charge in [0.1, 0.15) is 12.4 Å². The Hall–Kier alpha value is -3.54. The number of carbonyl (C=O) groups is 2. The summed E-state index contributed by atoms with van der Waals surface area (Å²) in [5.74, 6) is -0.741. The zero-order valence-electron chi connectivity index (χ0n) is 19.0. The maximum Gasteiger partial charge on any atom is 0.336 e. The van der Waals surface area contributed by atoms with Crippen molar-refractivity contribution in [3.05, 3.63) is 116 Å².